The molecule has 1 saturated carbocycles. The molecule has 1 aromatic rings. The number of carboxylic acids is 1. The Balaban J connectivity index is 2.10. The van der Waals surface area contributed by atoms with Gasteiger partial charge in [-0.1, -0.05) is 12.5 Å². The Morgan fingerprint density at radius 1 is 1.40 bits per heavy atom. The second-order valence-electron chi connectivity index (χ2n) is 5.04. The van der Waals surface area contributed by atoms with Crippen molar-refractivity contribution in [3.63, 3.8) is 0 Å². The smallest absolute Gasteiger partial charge is 0.306 e. The summed E-state index contributed by atoms with van der Waals surface area (Å²) < 4.78 is 0.635. The van der Waals surface area contributed by atoms with Crippen LogP contribution in [0.25, 0.3) is 0 Å². The highest BCUT2D eigenvalue weighted by Crippen LogP contribution is 2.33. The number of amides is 1. The van der Waals surface area contributed by atoms with Crippen LogP contribution in [-0.2, 0) is 4.79 Å². The molecule has 5 nitrogen and oxygen atoms in total. The summed E-state index contributed by atoms with van der Waals surface area (Å²) in [7, 11) is 0. The van der Waals surface area contributed by atoms with Gasteiger partial charge in [0.05, 0.1) is 11.5 Å². The molecule has 0 radical (unpaired) electrons. The molecule has 0 heterocycles. The lowest BCUT2D eigenvalue weighted by molar-refractivity contribution is -0.142. The first-order valence-electron chi connectivity index (χ1n) is 6.55. The number of hydrogen-bond acceptors (Lipinski definition) is 3. The molecule has 0 spiro atoms. The number of hydrogen-bond donors (Lipinski definition) is 3. The van der Waals surface area contributed by atoms with Crippen molar-refractivity contribution in [1.82, 2.24) is 0 Å². The first kappa shape index (κ1) is 14.8. The van der Waals surface area contributed by atoms with E-state index in [1.807, 2.05) is 6.07 Å². The van der Waals surface area contributed by atoms with Crippen molar-refractivity contribution in [2.24, 2.45) is 17.6 Å². The van der Waals surface area contributed by atoms with Gasteiger partial charge in [-0.2, -0.15) is 0 Å². The maximum atomic E-state index is 11.5. The van der Waals surface area contributed by atoms with E-state index in [-0.39, 0.29) is 11.8 Å². The molecule has 1 fully saturated rings. The molecule has 1 aromatic carbocycles. The Morgan fingerprint density at radius 3 is 2.80 bits per heavy atom. The highest BCUT2D eigenvalue weighted by atomic mass is 79.9. The average molecular weight is 341 g/mol. The molecule has 2 unspecified atom stereocenters. The van der Waals surface area contributed by atoms with Gasteiger partial charge in [0, 0.05) is 16.7 Å². The number of primary amides is 1. The minimum Gasteiger partial charge on any atom is -0.481 e. The largest absolute Gasteiger partial charge is 0.481 e. The number of nitrogens with two attached hydrogens (primary N) is 1. The van der Waals surface area contributed by atoms with Gasteiger partial charge in [-0.25, -0.2) is 0 Å². The number of halogens is 1. The Morgan fingerprint density at radius 2 is 2.15 bits per heavy atom. The number of benzene rings is 1. The number of anilines is 1. The van der Waals surface area contributed by atoms with Crippen molar-refractivity contribution in [3.8, 4) is 0 Å². The Kier molecular flexibility index (Phi) is 4.65. The van der Waals surface area contributed by atoms with Crippen LogP contribution in [0.1, 0.15) is 29.6 Å². The zero-order chi connectivity index (χ0) is 14.7. The predicted octanol–water partition coefficient (Wildman–Crippen LogP) is 2.46. The van der Waals surface area contributed by atoms with Crippen LogP contribution in [0.15, 0.2) is 22.7 Å². The maximum Gasteiger partial charge on any atom is 0.306 e. The van der Waals surface area contributed by atoms with Crippen LogP contribution in [0.5, 0.6) is 0 Å². The molecule has 0 aromatic heterocycles. The van der Waals surface area contributed by atoms with Crippen LogP contribution in [-0.4, -0.2) is 23.5 Å². The lowest BCUT2D eigenvalue weighted by atomic mass is 9.96. The van der Waals surface area contributed by atoms with Gasteiger partial charge in [0.25, 0.3) is 5.91 Å². The molecule has 1 aliphatic rings. The molecule has 0 saturated heterocycles. The average Bonchev–Trinajstić information content (AvgIpc) is 2.84. The molecule has 20 heavy (non-hydrogen) atoms. The second-order valence-corrected chi connectivity index (χ2v) is 5.90. The number of carboxylic acid groups (broad SMARTS) is 1. The lowest BCUT2D eigenvalue weighted by Crippen LogP contribution is -2.25. The molecular weight excluding hydrogens is 324 g/mol. The van der Waals surface area contributed by atoms with E-state index in [9.17, 15) is 9.59 Å². The fraction of sp³-hybridized carbons (Fsp3) is 0.429. The minimum atomic E-state index is -0.737. The number of nitrogens with one attached hydrogen (secondary N) is 1. The van der Waals surface area contributed by atoms with Crippen molar-refractivity contribution >= 4 is 33.5 Å². The van der Waals surface area contributed by atoms with Gasteiger partial charge in [0.2, 0.25) is 0 Å². The molecule has 2 atom stereocenters. The summed E-state index contributed by atoms with van der Waals surface area (Å²) in [5.41, 5.74) is 6.41. The quantitative estimate of drug-likeness (QED) is 0.767. The fourth-order valence-electron chi connectivity index (χ4n) is 2.77. The van der Waals surface area contributed by atoms with Crippen LogP contribution < -0.4 is 11.1 Å². The summed E-state index contributed by atoms with van der Waals surface area (Å²) in [6.45, 7) is 0.535. The number of rotatable bonds is 5. The van der Waals surface area contributed by atoms with Crippen LogP contribution in [0, 0.1) is 11.8 Å². The SMILES string of the molecule is NC(=O)c1c(Br)cccc1NCC1CCCC1C(=O)O. The molecule has 1 aliphatic carbocycles. The summed E-state index contributed by atoms with van der Waals surface area (Å²) in [5.74, 6) is -1.46. The van der Waals surface area contributed by atoms with Crippen molar-refractivity contribution in [1.29, 1.82) is 0 Å². The van der Waals surface area contributed by atoms with Gasteiger partial charge in [-0.05, 0) is 46.8 Å². The number of aliphatic carboxylic acids is 1. The molecule has 0 bridgehead atoms. The number of carbonyl (C=O) groups is 2. The third kappa shape index (κ3) is 3.12. The first-order chi connectivity index (χ1) is 9.50. The highest BCUT2D eigenvalue weighted by Gasteiger charge is 2.32. The van der Waals surface area contributed by atoms with Crippen molar-refractivity contribution in [2.75, 3.05) is 11.9 Å². The molecule has 1 amide bonds. The van der Waals surface area contributed by atoms with Gasteiger partial charge in [0.15, 0.2) is 0 Å². The van der Waals surface area contributed by atoms with Crippen molar-refractivity contribution in [2.45, 2.75) is 19.3 Å². The van der Waals surface area contributed by atoms with E-state index < -0.39 is 11.9 Å². The van der Waals surface area contributed by atoms with E-state index in [2.05, 4.69) is 21.2 Å². The van der Waals surface area contributed by atoms with Gasteiger partial charge < -0.3 is 16.2 Å². The van der Waals surface area contributed by atoms with E-state index in [0.717, 1.165) is 19.3 Å². The van der Waals surface area contributed by atoms with E-state index in [0.29, 0.717) is 22.3 Å². The third-order valence-electron chi connectivity index (χ3n) is 3.79. The molecule has 108 valence electrons. The Hall–Kier alpha value is -1.56. The summed E-state index contributed by atoms with van der Waals surface area (Å²) >= 11 is 3.30. The van der Waals surface area contributed by atoms with E-state index >= 15 is 0 Å². The lowest BCUT2D eigenvalue weighted by Gasteiger charge is -2.18. The van der Waals surface area contributed by atoms with Crippen LogP contribution >= 0.6 is 15.9 Å². The summed E-state index contributed by atoms with van der Waals surface area (Å²) in [6.07, 6.45) is 2.55. The molecule has 6 heteroatoms. The van der Waals surface area contributed by atoms with Crippen molar-refractivity contribution < 1.29 is 14.7 Å². The highest BCUT2D eigenvalue weighted by molar-refractivity contribution is 9.10. The Bertz CT molecular complexity index is 533. The fourth-order valence-corrected chi connectivity index (χ4v) is 3.33. The van der Waals surface area contributed by atoms with Gasteiger partial charge in [-0.15, -0.1) is 0 Å². The zero-order valence-corrected chi connectivity index (χ0v) is 12.5. The van der Waals surface area contributed by atoms with Gasteiger partial charge in [-0.3, -0.25) is 9.59 Å². The predicted molar refractivity (Wildman–Crippen MR) is 79.6 cm³/mol. The van der Waals surface area contributed by atoms with Crippen LogP contribution in [0.2, 0.25) is 0 Å². The third-order valence-corrected chi connectivity index (χ3v) is 4.45. The van der Waals surface area contributed by atoms with Gasteiger partial charge >= 0.3 is 5.97 Å². The van der Waals surface area contributed by atoms with Crippen LogP contribution in [0.3, 0.4) is 0 Å². The molecular formula is C14H17BrN2O3. The zero-order valence-electron chi connectivity index (χ0n) is 10.9. The monoisotopic (exact) mass is 340 g/mol. The summed E-state index contributed by atoms with van der Waals surface area (Å²) in [5, 5.41) is 12.3. The second kappa shape index (κ2) is 6.26. The number of carbonyl (C=O) groups excluding carboxylic acids is 1. The summed E-state index contributed by atoms with van der Waals surface area (Å²) in [4.78, 5) is 22.6. The van der Waals surface area contributed by atoms with Gasteiger partial charge in [0.1, 0.15) is 0 Å². The molecule has 4 N–H and O–H groups in total. The minimum absolute atomic E-state index is 0.0900. The topological polar surface area (TPSA) is 92.4 Å². The van der Waals surface area contributed by atoms with E-state index in [1.54, 1.807) is 12.1 Å². The normalized spacial score (nSPS) is 21.6. The molecule has 2 rings (SSSR count). The Labute approximate surface area is 125 Å². The first-order valence-corrected chi connectivity index (χ1v) is 7.35. The standard InChI is InChI=1S/C14H17BrN2O3/c15-10-5-2-6-11(12(10)13(16)18)17-7-8-3-1-4-9(8)14(19)20/h2,5-6,8-9,17H,1,3-4,7H2,(H2,16,18)(H,19,20). The van der Waals surface area contributed by atoms with Crippen molar-refractivity contribution in [3.05, 3.63) is 28.2 Å². The van der Waals surface area contributed by atoms with Crippen LogP contribution in [0.4, 0.5) is 5.69 Å². The van der Waals surface area contributed by atoms with E-state index in [4.69, 9.17) is 10.8 Å². The molecule has 0 aliphatic heterocycles. The van der Waals surface area contributed by atoms with E-state index in [1.165, 1.54) is 0 Å². The maximum absolute atomic E-state index is 11.5. The summed E-state index contributed by atoms with van der Waals surface area (Å²) in [6, 6.07) is 5.33.